The number of ether oxygens (including phenoxy) is 1. The zero-order valence-electron chi connectivity index (χ0n) is 18.8. The highest BCUT2D eigenvalue weighted by molar-refractivity contribution is 5.73. The zero-order chi connectivity index (χ0) is 23.6. The number of halogens is 3. The van der Waals surface area contributed by atoms with E-state index in [-0.39, 0.29) is 11.5 Å². The number of amides is 1. The van der Waals surface area contributed by atoms with Crippen LogP contribution in [-0.4, -0.2) is 56.7 Å². The Kier molecular flexibility index (Phi) is 7.32. The first-order chi connectivity index (χ1) is 14.2. The normalized spacial score (nSPS) is 17.7. The second-order valence-electron chi connectivity index (χ2n) is 8.99. The molecule has 31 heavy (non-hydrogen) atoms. The van der Waals surface area contributed by atoms with E-state index in [1.165, 1.54) is 23.4 Å². The molecule has 1 aromatic heterocycles. The maximum atomic E-state index is 12.3. The van der Waals surface area contributed by atoms with Crippen LogP contribution in [0.2, 0.25) is 0 Å². The number of carbonyl (C=O) groups is 2. The van der Waals surface area contributed by atoms with Gasteiger partial charge in [-0.25, -0.2) is 9.59 Å². The molecule has 0 atom stereocenters. The van der Waals surface area contributed by atoms with E-state index in [9.17, 15) is 18.0 Å². The van der Waals surface area contributed by atoms with Gasteiger partial charge in [-0.2, -0.15) is 18.3 Å². The summed E-state index contributed by atoms with van der Waals surface area (Å²) < 4.78 is 39.5. The van der Waals surface area contributed by atoms with Gasteiger partial charge in [0.05, 0.1) is 5.69 Å². The third-order valence-electron chi connectivity index (χ3n) is 5.74. The molecule has 1 saturated heterocycles. The minimum Gasteiger partial charge on any atom is -0.475 e. The highest BCUT2D eigenvalue weighted by atomic mass is 19.4. The van der Waals surface area contributed by atoms with Crippen molar-refractivity contribution in [2.24, 2.45) is 0 Å². The first-order valence-corrected chi connectivity index (χ1v) is 10.6. The van der Waals surface area contributed by atoms with Gasteiger partial charge in [-0.05, 0) is 65.4 Å². The molecule has 176 valence electrons. The molecule has 0 aromatic carbocycles. The molecule has 1 aromatic rings. The van der Waals surface area contributed by atoms with Crippen LogP contribution in [0.3, 0.4) is 0 Å². The van der Waals surface area contributed by atoms with Gasteiger partial charge in [-0.15, -0.1) is 0 Å². The predicted molar refractivity (Wildman–Crippen MR) is 108 cm³/mol. The third-order valence-corrected chi connectivity index (χ3v) is 5.74. The van der Waals surface area contributed by atoms with Crippen molar-refractivity contribution in [1.29, 1.82) is 0 Å². The lowest BCUT2D eigenvalue weighted by Crippen LogP contribution is -2.46. The molecule has 3 rings (SSSR count). The van der Waals surface area contributed by atoms with E-state index in [2.05, 4.69) is 18.5 Å². The minimum atomic E-state index is -5.08. The van der Waals surface area contributed by atoms with E-state index in [0.717, 1.165) is 45.3 Å². The van der Waals surface area contributed by atoms with Gasteiger partial charge in [0.2, 0.25) is 0 Å². The molecule has 0 unspecified atom stereocenters. The van der Waals surface area contributed by atoms with Crippen LogP contribution in [0.15, 0.2) is 0 Å². The molecule has 0 saturated carbocycles. The summed E-state index contributed by atoms with van der Waals surface area (Å²) in [6, 6.07) is 0. The van der Waals surface area contributed by atoms with E-state index in [4.69, 9.17) is 19.7 Å². The second kappa shape index (κ2) is 9.08. The van der Waals surface area contributed by atoms with Crippen LogP contribution < -0.4 is 0 Å². The topological polar surface area (TPSA) is 84.7 Å². The van der Waals surface area contributed by atoms with Gasteiger partial charge in [0.1, 0.15) is 5.60 Å². The van der Waals surface area contributed by atoms with Crippen molar-refractivity contribution in [3.05, 3.63) is 17.0 Å². The molecular formula is C21H32F3N3O4. The van der Waals surface area contributed by atoms with Crippen LogP contribution >= 0.6 is 0 Å². The number of aryl methyl sites for hydroxylation is 2. The Labute approximate surface area is 180 Å². The number of fused-ring (bicyclic) bond motifs is 2. The summed E-state index contributed by atoms with van der Waals surface area (Å²) in [4.78, 5) is 23.1. The van der Waals surface area contributed by atoms with Crippen LogP contribution in [0.25, 0.3) is 0 Å². The summed E-state index contributed by atoms with van der Waals surface area (Å²) in [5.41, 5.74) is 4.02. The molecule has 0 radical (unpaired) electrons. The Morgan fingerprint density at radius 2 is 1.68 bits per heavy atom. The molecule has 1 fully saturated rings. The largest absolute Gasteiger partial charge is 0.490 e. The monoisotopic (exact) mass is 447 g/mol. The molecule has 7 nitrogen and oxygen atoms in total. The fraction of sp³-hybridized carbons (Fsp3) is 0.762. The van der Waals surface area contributed by atoms with Crippen molar-refractivity contribution in [3.8, 4) is 0 Å². The number of hydrogen-bond donors (Lipinski definition) is 1. The molecule has 1 amide bonds. The Morgan fingerprint density at radius 3 is 2.10 bits per heavy atom. The highest BCUT2D eigenvalue weighted by Crippen LogP contribution is 2.47. The summed E-state index contributed by atoms with van der Waals surface area (Å²) in [5.74, 6) is -2.76. The average molecular weight is 447 g/mol. The number of carboxylic acids is 1. The average Bonchev–Trinajstić information content (AvgIpc) is 3.20. The van der Waals surface area contributed by atoms with Crippen molar-refractivity contribution >= 4 is 12.1 Å². The lowest BCUT2D eigenvalue weighted by Gasteiger charge is -2.40. The molecule has 0 bridgehead atoms. The Balaban J connectivity index is 0.000000423. The number of carboxylic acid groups (broad SMARTS) is 1. The number of aliphatic carboxylic acids is 1. The number of rotatable bonds is 2. The third kappa shape index (κ3) is 5.71. The summed E-state index contributed by atoms with van der Waals surface area (Å²) in [6.45, 7) is 12.6. The molecule has 10 heteroatoms. The second-order valence-corrected chi connectivity index (χ2v) is 8.99. The Morgan fingerprint density at radius 1 is 1.13 bits per heavy atom. The Bertz CT molecular complexity index is 804. The molecule has 1 aliphatic heterocycles. The van der Waals surface area contributed by atoms with E-state index in [1.807, 2.05) is 25.7 Å². The maximum absolute atomic E-state index is 12.3. The van der Waals surface area contributed by atoms with Gasteiger partial charge in [0, 0.05) is 30.7 Å². The number of likely N-dealkylation sites (tertiary alicyclic amines) is 1. The van der Waals surface area contributed by atoms with Crippen molar-refractivity contribution in [3.63, 3.8) is 0 Å². The van der Waals surface area contributed by atoms with Gasteiger partial charge in [0.15, 0.2) is 0 Å². The SMILES string of the molecule is CCc1nn(CC)c2c1CCC21CCN(C(=O)OC(C)(C)C)CC1.O=C(O)C(F)(F)F. The van der Waals surface area contributed by atoms with Crippen LogP contribution in [0, 0.1) is 0 Å². The van der Waals surface area contributed by atoms with Crippen molar-refractivity contribution in [2.75, 3.05) is 13.1 Å². The number of alkyl halides is 3. The number of aromatic nitrogens is 2. The maximum Gasteiger partial charge on any atom is 0.490 e. The van der Waals surface area contributed by atoms with E-state index < -0.39 is 17.7 Å². The molecule has 2 heterocycles. The quantitative estimate of drug-likeness (QED) is 0.730. The van der Waals surface area contributed by atoms with Gasteiger partial charge in [-0.1, -0.05) is 6.92 Å². The fourth-order valence-corrected chi connectivity index (χ4v) is 4.33. The first kappa shape index (κ1) is 25.0. The molecule has 1 aliphatic carbocycles. The summed E-state index contributed by atoms with van der Waals surface area (Å²) >= 11 is 0. The van der Waals surface area contributed by atoms with Gasteiger partial charge in [0.25, 0.3) is 0 Å². The number of piperidine rings is 1. The number of nitrogens with zero attached hydrogens (tertiary/aromatic N) is 3. The molecule has 1 spiro atoms. The standard InChI is InChI=1S/C19H31N3O2.C2HF3O2/c1-6-15-14-8-9-19(16(14)22(7-2)20-15)10-12-21(13-11-19)17(23)24-18(3,4)5;3-2(4,5)1(6)7/h6-13H2,1-5H3;(H,6,7). The fourth-order valence-electron chi connectivity index (χ4n) is 4.33. The van der Waals surface area contributed by atoms with Crippen molar-refractivity contribution in [2.45, 2.75) is 90.5 Å². The Hall–Kier alpha value is -2.26. The van der Waals surface area contributed by atoms with Crippen LogP contribution in [0.5, 0.6) is 0 Å². The lowest BCUT2D eigenvalue weighted by atomic mass is 9.76. The van der Waals surface area contributed by atoms with Crippen LogP contribution in [-0.2, 0) is 34.3 Å². The van der Waals surface area contributed by atoms with Crippen molar-refractivity contribution < 1.29 is 32.6 Å². The van der Waals surface area contributed by atoms with Gasteiger partial charge in [-0.3, -0.25) is 4.68 Å². The van der Waals surface area contributed by atoms with Gasteiger partial charge < -0.3 is 14.7 Å². The minimum absolute atomic E-state index is 0.172. The van der Waals surface area contributed by atoms with E-state index in [0.29, 0.717) is 0 Å². The summed E-state index contributed by atoms with van der Waals surface area (Å²) in [7, 11) is 0. The molecule has 2 aliphatic rings. The molecular weight excluding hydrogens is 415 g/mol. The van der Waals surface area contributed by atoms with E-state index >= 15 is 0 Å². The van der Waals surface area contributed by atoms with Crippen molar-refractivity contribution in [1.82, 2.24) is 14.7 Å². The predicted octanol–water partition coefficient (Wildman–Crippen LogP) is 4.31. The number of carbonyl (C=O) groups excluding carboxylic acids is 1. The van der Waals surface area contributed by atoms with Crippen LogP contribution in [0.4, 0.5) is 18.0 Å². The van der Waals surface area contributed by atoms with Gasteiger partial charge >= 0.3 is 18.2 Å². The highest BCUT2D eigenvalue weighted by Gasteiger charge is 2.46. The zero-order valence-corrected chi connectivity index (χ0v) is 18.8. The molecule has 1 N–H and O–H groups in total. The number of hydrogen-bond acceptors (Lipinski definition) is 4. The van der Waals surface area contributed by atoms with E-state index in [1.54, 1.807) is 0 Å². The summed E-state index contributed by atoms with van der Waals surface area (Å²) in [5, 5.41) is 12.0. The summed E-state index contributed by atoms with van der Waals surface area (Å²) in [6.07, 6.45) is 0.145. The first-order valence-electron chi connectivity index (χ1n) is 10.6. The van der Waals surface area contributed by atoms with Crippen LogP contribution in [0.1, 0.15) is 70.8 Å². The smallest absolute Gasteiger partial charge is 0.475 e. The lowest BCUT2D eigenvalue weighted by molar-refractivity contribution is -0.192.